The summed E-state index contributed by atoms with van der Waals surface area (Å²) < 4.78 is 5.43. The van der Waals surface area contributed by atoms with E-state index in [0.29, 0.717) is 12.3 Å². The molecule has 86 valence electrons. The Bertz CT molecular complexity index is 220. The van der Waals surface area contributed by atoms with Crippen molar-refractivity contribution in [3.63, 3.8) is 0 Å². The Morgan fingerprint density at radius 1 is 1.33 bits per heavy atom. The summed E-state index contributed by atoms with van der Waals surface area (Å²) in [5.74, 6) is 6.26. The van der Waals surface area contributed by atoms with Crippen LogP contribution in [-0.4, -0.2) is 24.4 Å². The molecule has 0 heterocycles. The van der Waals surface area contributed by atoms with E-state index in [2.05, 4.69) is 11.8 Å². The van der Waals surface area contributed by atoms with Gasteiger partial charge in [0, 0.05) is 13.5 Å². The summed E-state index contributed by atoms with van der Waals surface area (Å²) in [5.41, 5.74) is 0. The average Bonchev–Trinajstić information content (AvgIpc) is 2.29. The van der Waals surface area contributed by atoms with E-state index in [1.807, 2.05) is 0 Å². The largest absolute Gasteiger partial charge is 0.389 e. The number of ether oxygens (including phenoxy) is 1. The minimum Gasteiger partial charge on any atom is -0.389 e. The summed E-state index contributed by atoms with van der Waals surface area (Å²) in [6, 6.07) is 0. The second kappa shape index (κ2) is 6.87. The third kappa shape index (κ3) is 3.85. The van der Waals surface area contributed by atoms with Gasteiger partial charge in [0.05, 0.1) is 12.2 Å². The molecule has 0 aliphatic heterocycles. The average molecular weight is 210 g/mol. The summed E-state index contributed by atoms with van der Waals surface area (Å²) >= 11 is 0. The molecular weight excluding hydrogens is 188 g/mol. The molecule has 0 radical (unpaired) electrons. The van der Waals surface area contributed by atoms with Crippen LogP contribution in [0.15, 0.2) is 0 Å². The highest BCUT2D eigenvalue weighted by Gasteiger charge is 2.28. The van der Waals surface area contributed by atoms with E-state index in [-0.39, 0.29) is 6.10 Å². The fourth-order valence-corrected chi connectivity index (χ4v) is 2.45. The normalized spacial score (nSPS) is 21.5. The number of hydrogen-bond donors (Lipinski definition) is 1. The molecule has 0 bridgehead atoms. The van der Waals surface area contributed by atoms with Gasteiger partial charge in [0.2, 0.25) is 0 Å². The van der Waals surface area contributed by atoms with E-state index < -0.39 is 6.10 Å². The monoisotopic (exact) mass is 210 g/mol. The third-order valence-corrected chi connectivity index (χ3v) is 3.25. The first-order valence-corrected chi connectivity index (χ1v) is 5.90. The second-order valence-corrected chi connectivity index (χ2v) is 4.30. The van der Waals surface area contributed by atoms with E-state index in [1.54, 1.807) is 14.0 Å². The highest BCUT2D eigenvalue weighted by Crippen LogP contribution is 2.29. The molecule has 2 atom stereocenters. The van der Waals surface area contributed by atoms with Crippen LogP contribution in [0, 0.1) is 17.8 Å². The van der Waals surface area contributed by atoms with E-state index in [9.17, 15) is 5.11 Å². The van der Waals surface area contributed by atoms with E-state index in [4.69, 9.17) is 4.74 Å². The smallest absolute Gasteiger partial charge is 0.0913 e. The molecule has 2 unspecified atom stereocenters. The Morgan fingerprint density at radius 3 is 2.53 bits per heavy atom. The van der Waals surface area contributed by atoms with Gasteiger partial charge < -0.3 is 9.84 Å². The molecule has 0 aromatic carbocycles. The van der Waals surface area contributed by atoms with Gasteiger partial charge in [-0.15, -0.1) is 11.8 Å². The molecule has 1 N–H and O–H groups in total. The van der Waals surface area contributed by atoms with E-state index >= 15 is 0 Å². The molecule has 15 heavy (non-hydrogen) atoms. The number of aliphatic hydroxyl groups excluding tert-OH is 1. The van der Waals surface area contributed by atoms with Gasteiger partial charge in [-0.05, 0) is 25.7 Å². The highest BCUT2D eigenvalue weighted by atomic mass is 16.5. The molecule has 1 aliphatic carbocycles. The van der Waals surface area contributed by atoms with Crippen LogP contribution in [0.4, 0.5) is 0 Å². The standard InChI is InChI=1S/C13H22O2/c1-3-4-10-12(14)13(15-2)11-8-6-5-7-9-11/h11-14H,5-10H2,1-2H3. The molecule has 1 rings (SSSR count). The maximum Gasteiger partial charge on any atom is 0.0913 e. The number of methoxy groups -OCH3 is 1. The molecule has 0 aromatic rings. The van der Waals surface area contributed by atoms with Gasteiger partial charge in [0.15, 0.2) is 0 Å². The Hall–Kier alpha value is -0.520. The van der Waals surface area contributed by atoms with Crippen molar-refractivity contribution < 1.29 is 9.84 Å². The first kappa shape index (κ1) is 12.5. The minimum absolute atomic E-state index is 0.0221. The van der Waals surface area contributed by atoms with Crippen LogP contribution < -0.4 is 0 Å². The molecule has 2 heteroatoms. The fourth-order valence-electron chi connectivity index (χ4n) is 2.45. The van der Waals surface area contributed by atoms with Crippen molar-refractivity contribution in [3.8, 4) is 11.8 Å². The highest BCUT2D eigenvalue weighted by molar-refractivity contribution is 4.98. The lowest BCUT2D eigenvalue weighted by Crippen LogP contribution is -2.36. The predicted octanol–water partition coefficient (Wildman–Crippen LogP) is 2.36. The summed E-state index contributed by atoms with van der Waals surface area (Å²) in [6.45, 7) is 1.80. The lowest BCUT2D eigenvalue weighted by atomic mass is 9.82. The zero-order valence-electron chi connectivity index (χ0n) is 9.83. The van der Waals surface area contributed by atoms with Crippen molar-refractivity contribution in [1.82, 2.24) is 0 Å². The molecule has 1 fully saturated rings. The third-order valence-electron chi connectivity index (χ3n) is 3.25. The van der Waals surface area contributed by atoms with Crippen molar-refractivity contribution in [3.05, 3.63) is 0 Å². The van der Waals surface area contributed by atoms with E-state index in [0.717, 1.165) is 0 Å². The van der Waals surface area contributed by atoms with Crippen molar-refractivity contribution >= 4 is 0 Å². The number of aliphatic hydroxyl groups is 1. The van der Waals surface area contributed by atoms with Crippen LogP contribution in [0.1, 0.15) is 45.4 Å². The van der Waals surface area contributed by atoms with Crippen LogP contribution in [0.3, 0.4) is 0 Å². The lowest BCUT2D eigenvalue weighted by Gasteiger charge is -2.31. The summed E-state index contributed by atoms with van der Waals surface area (Å²) in [5, 5.41) is 9.96. The molecule has 1 saturated carbocycles. The molecule has 2 nitrogen and oxygen atoms in total. The second-order valence-electron chi connectivity index (χ2n) is 4.30. The summed E-state index contributed by atoms with van der Waals surface area (Å²) in [7, 11) is 1.70. The van der Waals surface area contributed by atoms with Crippen LogP contribution in [0.2, 0.25) is 0 Å². The van der Waals surface area contributed by atoms with Crippen molar-refractivity contribution in [2.24, 2.45) is 5.92 Å². The SMILES string of the molecule is CC#CCC(O)C(OC)C1CCCCC1. The summed E-state index contributed by atoms with van der Waals surface area (Å²) in [4.78, 5) is 0. The van der Waals surface area contributed by atoms with Gasteiger partial charge in [-0.25, -0.2) is 0 Å². The van der Waals surface area contributed by atoms with Crippen LogP contribution in [-0.2, 0) is 4.74 Å². The molecule has 0 saturated heterocycles. The summed E-state index contributed by atoms with van der Waals surface area (Å²) in [6.07, 6.45) is 6.35. The number of rotatable bonds is 4. The zero-order valence-corrected chi connectivity index (χ0v) is 9.83. The van der Waals surface area contributed by atoms with Gasteiger partial charge in [-0.1, -0.05) is 19.3 Å². The number of hydrogen-bond acceptors (Lipinski definition) is 2. The molecule has 0 amide bonds. The van der Waals surface area contributed by atoms with Crippen LogP contribution in [0.5, 0.6) is 0 Å². The Morgan fingerprint density at radius 2 is 2.00 bits per heavy atom. The van der Waals surface area contributed by atoms with Gasteiger partial charge in [-0.3, -0.25) is 0 Å². The van der Waals surface area contributed by atoms with Gasteiger partial charge >= 0.3 is 0 Å². The topological polar surface area (TPSA) is 29.5 Å². The van der Waals surface area contributed by atoms with Gasteiger partial charge in [-0.2, -0.15) is 0 Å². The van der Waals surface area contributed by atoms with Crippen LogP contribution >= 0.6 is 0 Å². The van der Waals surface area contributed by atoms with Crippen molar-refractivity contribution in [1.29, 1.82) is 0 Å². The molecule has 0 spiro atoms. The van der Waals surface area contributed by atoms with Crippen molar-refractivity contribution in [2.45, 2.75) is 57.7 Å². The first-order valence-electron chi connectivity index (χ1n) is 5.90. The quantitative estimate of drug-likeness (QED) is 0.722. The predicted molar refractivity (Wildman–Crippen MR) is 61.4 cm³/mol. The first-order chi connectivity index (χ1) is 7.29. The maximum atomic E-state index is 9.96. The van der Waals surface area contributed by atoms with Gasteiger partial charge in [0.1, 0.15) is 0 Å². The lowest BCUT2D eigenvalue weighted by molar-refractivity contribution is -0.0517. The van der Waals surface area contributed by atoms with Crippen LogP contribution in [0.25, 0.3) is 0 Å². The van der Waals surface area contributed by atoms with E-state index in [1.165, 1.54) is 32.1 Å². The molecule has 1 aliphatic rings. The fraction of sp³-hybridized carbons (Fsp3) is 0.846. The maximum absolute atomic E-state index is 9.96. The van der Waals surface area contributed by atoms with Crippen molar-refractivity contribution in [2.75, 3.05) is 7.11 Å². The Balaban J connectivity index is 2.47. The Kier molecular flexibility index (Phi) is 5.75. The molecular formula is C13H22O2. The zero-order chi connectivity index (χ0) is 11.1. The molecule has 0 aromatic heterocycles. The van der Waals surface area contributed by atoms with Gasteiger partial charge in [0.25, 0.3) is 0 Å². The Labute approximate surface area is 93.0 Å². The minimum atomic E-state index is -0.425.